The van der Waals surface area contributed by atoms with Gasteiger partial charge in [0.1, 0.15) is 23.0 Å². The van der Waals surface area contributed by atoms with E-state index in [1.54, 1.807) is 78.9 Å². The van der Waals surface area contributed by atoms with Crippen LogP contribution in [0.15, 0.2) is 102 Å². The van der Waals surface area contributed by atoms with Crippen LogP contribution in [0.5, 0.6) is 11.5 Å². The number of halogens is 1. The highest BCUT2D eigenvalue weighted by atomic mass is 35.5. The zero-order valence-corrected chi connectivity index (χ0v) is 20.7. The molecule has 8 nitrogen and oxygen atoms in total. The molecule has 0 spiro atoms. The van der Waals surface area contributed by atoms with Gasteiger partial charge in [0.25, 0.3) is 0 Å². The Labute approximate surface area is 218 Å². The van der Waals surface area contributed by atoms with Crippen LogP contribution in [0.4, 0.5) is 5.69 Å². The van der Waals surface area contributed by atoms with E-state index < -0.39 is 17.9 Å². The molecule has 4 rings (SSSR count). The van der Waals surface area contributed by atoms with Gasteiger partial charge in [-0.05, 0) is 54.1 Å². The van der Waals surface area contributed by atoms with Gasteiger partial charge in [0, 0.05) is 10.7 Å². The number of nitriles is 1. The van der Waals surface area contributed by atoms with Crippen LogP contribution in [0.2, 0.25) is 5.02 Å². The third kappa shape index (κ3) is 4.99. The molecule has 2 N–H and O–H groups in total. The van der Waals surface area contributed by atoms with E-state index in [0.29, 0.717) is 27.8 Å². The first kappa shape index (κ1) is 25.4. The van der Waals surface area contributed by atoms with Crippen molar-refractivity contribution in [3.05, 3.63) is 112 Å². The molecule has 0 saturated heterocycles. The number of ether oxygens (including phenoxy) is 3. The first-order valence-corrected chi connectivity index (χ1v) is 11.5. The summed E-state index contributed by atoms with van der Waals surface area (Å²) in [5.41, 5.74) is 7.37. The van der Waals surface area contributed by atoms with Crippen molar-refractivity contribution in [3.8, 4) is 17.6 Å². The predicted octanol–water partition coefficient (Wildman–Crippen LogP) is 5.03. The molecule has 37 heavy (non-hydrogen) atoms. The SMILES string of the molecule is COC(=O)C1=C(C(=O)OC)N(c2ccc(Oc3ccc(Cl)cc3)cc2)C(N)=C(C#N)C1c1ccccc1. The number of nitrogens with two attached hydrogens (primary N) is 1. The monoisotopic (exact) mass is 515 g/mol. The standard InChI is InChI=1S/C28H22ClN3O5/c1-35-27(33)24-23(17-6-4-3-5-7-17)22(16-30)26(31)32(25(24)28(34)36-2)19-10-14-21(15-11-19)37-20-12-8-18(29)9-13-20/h3-15,23H,31H2,1-2H3. The topological polar surface area (TPSA) is 115 Å². The van der Waals surface area contributed by atoms with Gasteiger partial charge in [-0.2, -0.15) is 5.26 Å². The van der Waals surface area contributed by atoms with Crippen LogP contribution >= 0.6 is 11.6 Å². The van der Waals surface area contributed by atoms with E-state index in [4.69, 9.17) is 31.5 Å². The third-order valence-electron chi connectivity index (χ3n) is 5.75. The van der Waals surface area contributed by atoms with Crippen molar-refractivity contribution >= 4 is 29.2 Å². The van der Waals surface area contributed by atoms with Crippen molar-refractivity contribution in [1.82, 2.24) is 0 Å². The second-order valence-electron chi connectivity index (χ2n) is 7.89. The van der Waals surface area contributed by atoms with Gasteiger partial charge in [0.15, 0.2) is 0 Å². The smallest absolute Gasteiger partial charge is 0.355 e. The lowest BCUT2D eigenvalue weighted by Gasteiger charge is -2.35. The van der Waals surface area contributed by atoms with Crippen LogP contribution in [0.1, 0.15) is 11.5 Å². The summed E-state index contributed by atoms with van der Waals surface area (Å²) < 4.78 is 15.9. The molecule has 1 aliphatic rings. The number of esters is 2. The van der Waals surface area contributed by atoms with Gasteiger partial charge in [-0.25, -0.2) is 9.59 Å². The molecule has 1 unspecified atom stereocenters. The van der Waals surface area contributed by atoms with Gasteiger partial charge < -0.3 is 19.9 Å². The number of benzene rings is 3. The number of methoxy groups -OCH3 is 2. The van der Waals surface area contributed by atoms with E-state index in [2.05, 4.69) is 6.07 Å². The fraction of sp³-hybridized carbons (Fsp3) is 0.107. The third-order valence-corrected chi connectivity index (χ3v) is 6.01. The lowest BCUT2D eigenvalue weighted by atomic mass is 9.81. The lowest BCUT2D eigenvalue weighted by Crippen LogP contribution is -2.40. The molecule has 1 aliphatic heterocycles. The van der Waals surface area contributed by atoms with Crippen molar-refractivity contribution in [1.29, 1.82) is 5.26 Å². The number of nitrogens with zero attached hydrogens (tertiary/aromatic N) is 2. The van der Waals surface area contributed by atoms with E-state index in [9.17, 15) is 14.9 Å². The summed E-state index contributed by atoms with van der Waals surface area (Å²) in [7, 11) is 2.40. The zero-order chi connectivity index (χ0) is 26.5. The molecule has 0 amide bonds. The van der Waals surface area contributed by atoms with Gasteiger partial charge >= 0.3 is 11.9 Å². The second kappa shape index (κ2) is 10.9. The summed E-state index contributed by atoms with van der Waals surface area (Å²) in [4.78, 5) is 27.5. The highest BCUT2D eigenvalue weighted by Gasteiger charge is 2.42. The van der Waals surface area contributed by atoms with Gasteiger partial charge in [-0.3, -0.25) is 4.90 Å². The van der Waals surface area contributed by atoms with E-state index in [-0.39, 0.29) is 22.7 Å². The lowest BCUT2D eigenvalue weighted by molar-refractivity contribution is -0.139. The molecule has 0 aromatic heterocycles. The van der Waals surface area contributed by atoms with E-state index in [0.717, 1.165) is 0 Å². The van der Waals surface area contributed by atoms with Gasteiger partial charge in [0.2, 0.25) is 0 Å². The molecule has 0 saturated carbocycles. The number of carbonyl (C=O) groups excluding carboxylic acids is 2. The minimum atomic E-state index is -0.934. The van der Waals surface area contributed by atoms with Crippen molar-refractivity contribution in [3.63, 3.8) is 0 Å². The molecule has 1 atom stereocenters. The largest absolute Gasteiger partial charge is 0.466 e. The van der Waals surface area contributed by atoms with Crippen molar-refractivity contribution in [2.24, 2.45) is 5.73 Å². The summed E-state index contributed by atoms with van der Waals surface area (Å²) in [5.74, 6) is -1.47. The number of allylic oxidation sites excluding steroid dienone is 1. The molecule has 9 heteroatoms. The Morgan fingerprint density at radius 1 is 0.892 bits per heavy atom. The van der Waals surface area contributed by atoms with Crippen LogP contribution in [0.3, 0.4) is 0 Å². The summed E-state index contributed by atoms with van der Waals surface area (Å²) in [6, 6.07) is 24.4. The Kier molecular flexibility index (Phi) is 7.47. The highest BCUT2D eigenvalue weighted by Crippen LogP contribution is 2.43. The Morgan fingerprint density at radius 3 is 2.00 bits per heavy atom. The number of hydrogen-bond donors (Lipinski definition) is 1. The summed E-state index contributed by atoms with van der Waals surface area (Å²) in [6.45, 7) is 0. The summed E-state index contributed by atoms with van der Waals surface area (Å²) in [5, 5.41) is 10.7. The molecular formula is C28H22ClN3O5. The first-order chi connectivity index (χ1) is 17.9. The predicted molar refractivity (Wildman–Crippen MR) is 138 cm³/mol. The minimum Gasteiger partial charge on any atom is -0.466 e. The second-order valence-corrected chi connectivity index (χ2v) is 8.32. The number of carbonyl (C=O) groups is 2. The Balaban J connectivity index is 1.86. The van der Waals surface area contributed by atoms with Gasteiger partial charge in [0.05, 0.1) is 37.4 Å². The quantitative estimate of drug-likeness (QED) is 0.454. The highest BCUT2D eigenvalue weighted by molar-refractivity contribution is 6.30. The zero-order valence-electron chi connectivity index (χ0n) is 20.0. The van der Waals surface area contributed by atoms with E-state index >= 15 is 0 Å². The van der Waals surface area contributed by atoms with Gasteiger partial charge in [-0.1, -0.05) is 41.9 Å². The van der Waals surface area contributed by atoms with Gasteiger partial charge in [-0.15, -0.1) is 0 Å². The van der Waals surface area contributed by atoms with Crippen molar-refractivity contribution in [2.75, 3.05) is 19.1 Å². The Morgan fingerprint density at radius 2 is 1.46 bits per heavy atom. The molecule has 0 bridgehead atoms. The van der Waals surface area contributed by atoms with E-state index in [1.165, 1.54) is 19.1 Å². The average molecular weight is 516 g/mol. The number of anilines is 1. The molecule has 0 fully saturated rings. The fourth-order valence-electron chi connectivity index (χ4n) is 4.08. The van der Waals surface area contributed by atoms with Crippen LogP contribution in [-0.2, 0) is 19.1 Å². The average Bonchev–Trinajstić information content (AvgIpc) is 2.93. The van der Waals surface area contributed by atoms with Crippen LogP contribution in [0.25, 0.3) is 0 Å². The molecule has 3 aromatic carbocycles. The number of rotatable bonds is 6. The molecule has 1 heterocycles. The summed E-state index contributed by atoms with van der Waals surface area (Å²) in [6.07, 6.45) is 0. The minimum absolute atomic E-state index is 0.0178. The van der Waals surface area contributed by atoms with E-state index in [1.807, 2.05) is 0 Å². The Bertz CT molecular complexity index is 1430. The molecule has 186 valence electrons. The van der Waals surface area contributed by atoms with Crippen LogP contribution < -0.4 is 15.4 Å². The maximum Gasteiger partial charge on any atom is 0.355 e. The van der Waals surface area contributed by atoms with Crippen LogP contribution in [0, 0.1) is 11.3 Å². The van der Waals surface area contributed by atoms with Crippen molar-refractivity contribution in [2.45, 2.75) is 5.92 Å². The normalized spacial score (nSPS) is 15.2. The van der Waals surface area contributed by atoms with Crippen molar-refractivity contribution < 1.29 is 23.8 Å². The molecule has 0 radical (unpaired) electrons. The Hall–Kier alpha value is -4.74. The molecule has 0 aliphatic carbocycles. The first-order valence-electron chi connectivity index (χ1n) is 11.1. The molecular weight excluding hydrogens is 494 g/mol. The maximum absolute atomic E-state index is 13.1. The summed E-state index contributed by atoms with van der Waals surface area (Å²) >= 11 is 5.93. The van der Waals surface area contributed by atoms with Crippen LogP contribution in [-0.4, -0.2) is 26.2 Å². The number of hydrogen-bond acceptors (Lipinski definition) is 8. The maximum atomic E-state index is 13.1. The fourth-order valence-corrected chi connectivity index (χ4v) is 4.21. The molecule has 3 aromatic rings.